The van der Waals surface area contributed by atoms with Crippen LogP contribution in [-0.4, -0.2) is 31.8 Å². The fourth-order valence-corrected chi connectivity index (χ4v) is 3.37. The first kappa shape index (κ1) is 17.1. The van der Waals surface area contributed by atoms with Gasteiger partial charge in [-0.1, -0.05) is 0 Å². The largest absolute Gasteiger partial charge is 0.490 e. The molecular formula is C18H18FN5O3. The zero-order valence-corrected chi connectivity index (χ0v) is 14.7. The number of ether oxygens (including phenoxy) is 1. The maximum Gasteiger partial charge on any atom is 0.343 e. The second-order valence-electron chi connectivity index (χ2n) is 6.63. The third-order valence-electron chi connectivity index (χ3n) is 4.54. The van der Waals surface area contributed by atoms with E-state index in [-0.39, 0.29) is 35.0 Å². The summed E-state index contributed by atoms with van der Waals surface area (Å²) in [7, 11) is 0. The van der Waals surface area contributed by atoms with E-state index < -0.39 is 5.97 Å². The van der Waals surface area contributed by atoms with E-state index >= 15 is 0 Å². The van der Waals surface area contributed by atoms with Crippen LogP contribution in [0.1, 0.15) is 41.4 Å². The maximum atomic E-state index is 14.0. The molecule has 2 unspecified atom stereocenters. The zero-order chi connectivity index (χ0) is 19.3. The SMILES string of the molecule is CC1Cc2cc(F)cc(C(C)Nc3ccn4nc(N)c(C(=O)O)c4n3)c2O1. The number of nitrogen functional groups attached to an aromatic ring is 1. The smallest absolute Gasteiger partial charge is 0.343 e. The Kier molecular flexibility index (Phi) is 3.87. The Labute approximate surface area is 153 Å². The van der Waals surface area contributed by atoms with E-state index in [1.807, 2.05) is 13.8 Å². The first-order chi connectivity index (χ1) is 12.8. The van der Waals surface area contributed by atoms with Crippen LogP contribution in [0.3, 0.4) is 0 Å². The average molecular weight is 371 g/mol. The van der Waals surface area contributed by atoms with Gasteiger partial charge in [0.15, 0.2) is 11.5 Å². The van der Waals surface area contributed by atoms with Gasteiger partial charge in [-0.05, 0) is 32.0 Å². The van der Waals surface area contributed by atoms with Gasteiger partial charge in [-0.2, -0.15) is 0 Å². The lowest BCUT2D eigenvalue weighted by atomic mass is 10.0. The van der Waals surface area contributed by atoms with Crippen molar-refractivity contribution in [3.63, 3.8) is 0 Å². The van der Waals surface area contributed by atoms with Gasteiger partial charge in [0.05, 0.1) is 6.04 Å². The zero-order valence-electron chi connectivity index (χ0n) is 14.7. The van der Waals surface area contributed by atoms with Crippen molar-refractivity contribution in [2.45, 2.75) is 32.4 Å². The number of carboxylic acids is 1. The van der Waals surface area contributed by atoms with Crippen molar-refractivity contribution in [3.8, 4) is 5.75 Å². The van der Waals surface area contributed by atoms with Gasteiger partial charge in [0.25, 0.3) is 0 Å². The minimum absolute atomic E-state index is 0.00452. The molecular weight excluding hydrogens is 353 g/mol. The highest BCUT2D eigenvalue weighted by atomic mass is 19.1. The average Bonchev–Trinajstić information content (AvgIpc) is 3.11. The molecule has 0 saturated heterocycles. The number of halogens is 1. The van der Waals surface area contributed by atoms with Crippen LogP contribution in [0.25, 0.3) is 5.65 Å². The lowest BCUT2D eigenvalue weighted by molar-refractivity contribution is 0.0700. The molecule has 2 atom stereocenters. The second-order valence-corrected chi connectivity index (χ2v) is 6.63. The number of nitrogens with zero attached hydrogens (tertiary/aromatic N) is 3. The minimum atomic E-state index is -1.20. The molecule has 4 rings (SSSR count). The van der Waals surface area contributed by atoms with Crippen LogP contribution in [0.2, 0.25) is 0 Å². The van der Waals surface area contributed by atoms with Gasteiger partial charge in [0.1, 0.15) is 29.1 Å². The normalized spacial score (nSPS) is 16.8. The van der Waals surface area contributed by atoms with Crippen LogP contribution < -0.4 is 15.8 Å². The number of benzene rings is 1. The summed E-state index contributed by atoms with van der Waals surface area (Å²) in [5.74, 6) is -0.530. The summed E-state index contributed by atoms with van der Waals surface area (Å²) >= 11 is 0. The van der Waals surface area contributed by atoms with E-state index in [2.05, 4.69) is 15.4 Å². The number of aromatic nitrogens is 3. The van der Waals surface area contributed by atoms with Gasteiger partial charge in [-0.25, -0.2) is 18.7 Å². The Morgan fingerprint density at radius 1 is 1.52 bits per heavy atom. The first-order valence-electron chi connectivity index (χ1n) is 8.47. The molecule has 1 aliphatic rings. The molecule has 0 radical (unpaired) electrons. The molecule has 0 spiro atoms. The van der Waals surface area contributed by atoms with Gasteiger partial charge in [0.2, 0.25) is 0 Å². The topological polar surface area (TPSA) is 115 Å². The number of anilines is 2. The number of aromatic carboxylic acids is 1. The van der Waals surface area contributed by atoms with Crippen LogP contribution >= 0.6 is 0 Å². The number of nitrogens with one attached hydrogen (secondary N) is 1. The molecule has 0 fully saturated rings. The molecule has 4 N–H and O–H groups in total. The van der Waals surface area contributed by atoms with Crippen LogP contribution in [-0.2, 0) is 6.42 Å². The summed E-state index contributed by atoms with van der Waals surface area (Å²) in [5, 5.41) is 16.4. The molecule has 2 aromatic heterocycles. The Balaban J connectivity index is 1.69. The van der Waals surface area contributed by atoms with Gasteiger partial charge in [0, 0.05) is 23.7 Å². The van der Waals surface area contributed by atoms with E-state index in [1.165, 1.54) is 16.6 Å². The highest BCUT2D eigenvalue weighted by Crippen LogP contribution is 2.37. The van der Waals surface area contributed by atoms with Crippen molar-refractivity contribution >= 4 is 23.3 Å². The maximum absolute atomic E-state index is 14.0. The fourth-order valence-electron chi connectivity index (χ4n) is 3.37. The summed E-state index contributed by atoms with van der Waals surface area (Å²) in [6.45, 7) is 3.79. The van der Waals surface area contributed by atoms with Crippen molar-refractivity contribution in [3.05, 3.63) is 46.9 Å². The van der Waals surface area contributed by atoms with Gasteiger partial charge >= 0.3 is 5.97 Å². The summed E-state index contributed by atoms with van der Waals surface area (Å²) in [6, 6.07) is 4.26. The van der Waals surface area contributed by atoms with Crippen molar-refractivity contribution in [1.29, 1.82) is 0 Å². The van der Waals surface area contributed by atoms with Crippen LogP contribution in [0, 0.1) is 5.82 Å². The number of hydrogen-bond donors (Lipinski definition) is 3. The van der Waals surface area contributed by atoms with E-state index in [4.69, 9.17) is 10.5 Å². The van der Waals surface area contributed by atoms with Gasteiger partial charge in [-0.3, -0.25) is 0 Å². The molecule has 27 heavy (non-hydrogen) atoms. The van der Waals surface area contributed by atoms with Crippen molar-refractivity contribution < 1.29 is 19.0 Å². The van der Waals surface area contributed by atoms with Crippen molar-refractivity contribution in [2.75, 3.05) is 11.1 Å². The highest BCUT2D eigenvalue weighted by Gasteiger charge is 2.26. The third-order valence-corrected chi connectivity index (χ3v) is 4.54. The molecule has 0 saturated carbocycles. The molecule has 9 heteroatoms. The Hall–Kier alpha value is -3.36. The predicted molar refractivity (Wildman–Crippen MR) is 96.6 cm³/mol. The standard InChI is InChI=1S/C18H18FN5O3/c1-8-5-10-6-11(19)7-12(15(10)27-8)9(2)21-13-3-4-24-17(22-13)14(18(25)26)16(20)23-24/h3-4,6-9H,5H2,1-2H3,(H2,20,23)(H,21,22)(H,25,26). The molecule has 1 aromatic carbocycles. The van der Waals surface area contributed by atoms with Gasteiger partial charge in [-0.15, -0.1) is 5.10 Å². The quantitative estimate of drug-likeness (QED) is 0.646. The predicted octanol–water partition coefficient (Wildman–Crippen LogP) is 2.65. The molecule has 3 heterocycles. The molecule has 0 bridgehead atoms. The Morgan fingerprint density at radius 3 is 3.04 bits per heavy atom. The summed E-state index contributed by atoms with van der Waals surface area (Å²) in [4.78, 5) is 15.7. The van der Waals surface area contributed by atoms with Crippen LogP contribution in [0.15, 0.2) is 24.4 Å². The van der Waals surface area contributed by atoms with E-state index in [1.54, 1.807) is 12.3 Å². The number of fused-ring (bicyclic) bond motifs is 2. The lowest BCUT2D eigenvalue weighted by Crippen LogP contribution is -2.11. The molecule has 0 aliphatic carbocycles. The van der Waals surface area contributed by atoms with Crippen molar-refractivity contribution in [2.24, 2.45) is 0 Å². The second kappa shape index (κ2) is 6.11. The Bertz CT molecular complexity index is 1060. The summed E-state index contributed by atoms with van der Waals surface area (Å²) < 4.78 is 21.2. The van der Waals surface area contributed by atoms with Crippen LogP contribution in [0.4, 0.5) is 16.0 Å². The molecule has 3 aromatic rings. The minimum Gasteiger partial charge on any atom is -0.490 e. The number of hydrogen-bond acceptors (Lipinski definition) is 6. The van der Waals surface area contributed by atoms with Crippen LogP contribution in [0.5, 0.6) is 5.75 Å². The van der Waals surface area contributed by atoms with E-state index in [0.29, 0.717) is 23.6 Å². The van der Waals surface area contributed by atoms with Gasteiger partial charge < -0.3 is 20.9 Å². The molecule has 1 aliphatic heterocycles. The van der Waals surface area contributed by atoms with Crippen molar-refractivity contribution in [1.82, 2.24) is 14.6 Å². The molecule has 0 amide bonds. The fraction of sp³-hybridized carbons (Fsp3) is 0.278. The highest BCUT2D eigenvalue weighted by molar-refractivity contribution is 5.99. The Morgan fingerprint density at radius 2 is 2.30 bits per heavy atom. The monoisotopic (exact) mass is 371 g/mol. The number of nitrogens with two attached hydrogens (primary N) is 1. The summed E-state index contributed by atoms with van der Waals surface area (Å²) in [5.41, 5.74) is 7.15. The number of rotatable bonds is 4. The number of carboxylic acid groups (broad SMARTS) is 1. The third kappa shape index (κ3) is 2.90. The number of carbonyl (C=O) groups is 1. The molecule has 8 nitrogen and oxygen atoms in total. The summed E-state index contributed by atoms with van der Waals surface area (Å²) in [6.07, 6.45) is 2.22. The molecule has 140 valence electrons. The lowest BCUT2D eigenvalue weighted by Gasteiger charge is -2.18. The first-order valence-corrected chi connectivity index (χ1v) is 8.47. The van der Waals surface area contributed by atoms with E-state index in [0.717, 1.165) is 5.56 Å². The van der Waals surface area contributed by atoms with E-state index in [9.17, 15) is 14.3 Å².